The third-order valence-corrected chi connectivity index (χ3v) is 5.32. The number of anilines is 1. The van der Waals surface area contributed by atoms with Crippen molar-refractivity contribution in [3.63, 3.8) is 0 Å². The van der Waals surface area contributed by atoms with Crippen LogP contribution >= 0.6 is 0 Å². The monoisotopic (exact) mass is 411 g/mol. The molecule has 2 heterocycles. The normalized spacial score (nSPS) is 16.8. The highest BCUT2D eigenvalue weighted by atomic mass is 16.5. The topological polar surface area (TPSA) is 89.3 Å². The number of allylic oxidation sites excluding steroid dienone is 1. The second-order valence-electron chi connectivity index (χ2n) is 7.50. The van der Waals surface area contributed by atoms with Gasteiger partial charge in [0.15, 0.2) is 0 Å². The van der Waals surface area contributed by atoms with Crippen LogP contribution in [0.1, 0.15) is 51.3 Å². The molecule has 1 aromatic carbocycles. The Morgan fingerprint density at radius 2 is 1.90 bits per heavy atom. The Balaban J connectivity index is 2.07. The van der Waals surface area contributed by atoms with Crippen LogP contribution in [0.4, 0.5) is 5.95 Å². The lowest BCUT2D eigenvalue weighted by atomic mass is 9.94. The van der Waals surface area contributed by atoms with Crippen LogP contribution in [-0.4, -0.2) is 45.8 Å². The molecule has 2 aromatic rings. The van der Waals surface area contributed by atoms with Gasteiger partial charge in [0.05, 0.1) is 12.2 Å². The third-order valence-electron chi connectivity index (χ3n) is 5.32. The third kappa shape index (κ3) is 4.22. The molecule has 0 aliphatic carbocycles. The summed E-state index contributed by atoms with van der Waals surface area (Å²) in [6.45, 7) is 9.87. The molecule has 1 N–H and O–H groups in total. The van der Waals surface area contributed by atoms with Gasteiger partial charge in [0, 0.05) is 11.7 Å². The molecule has 3 rings (SSSR count). The maximum Gasteiger partial charge on any atom is 0.338 e. The molecule has 2 atom stereocenters. The summed E-state index contributed by atoms with van der Waals surface area (Å²) in [5.74, 6) is -0.0465. The largest absolute Gasteiger partial charge is 0.463 e. The molecule has 1 amide bonds. The molecule has 0 spiro atoms. The van der Waals surface area contributed by atoms with Crippen LogP contribution in [0, 0.1) is 6.92 Å². The number of carbonyl (C=O) groups excluding carboxylic acids is 2. The summed E-state index contributed by atoms with van der Waals surface area (Å²) in [7, 11) is 0. The van der Waals surface area contributed by atoms with Crippen LogP contribution in [-0.2, 0) is 14.3 Å². The Kier molecular flexibility index (Phi) is 6.54. The summed E-state index contributed by atoms with van der Waals surface area (Å²) >= 11 is 0. The highest BCUT2D eigenvalue weighted by molar-refractivity contribution is 5.93. The van der Waals surface area contributed by atoms with E-state index in [1.807, 2.05) is 52.0 Å². The minimum atomic E-state index is -0.476. The zero-order valence-corrected chi connectivity index (χ0v) is 18.2. The number of hydrogen-bond donors (Lipinski definition) is 1. The van der Waals surface area contributed by atoms with Crippen molar-refractivity contribution in [2.75, 3.05) is 18.1 Å². The molecule has 0 saturated heterocycles. The fraction of sp³-hybridized carbons (Fsp3) is 0.455. The van der Waals surface area contributed by atoms with Crippen LogP contribution in [0.15, 0.2) is 41.9 Å². The van der Waals surface area contributed by atoms with Crippen molar-refractivity contribution in [3.05, 3.63) is 53.0 Å². The van der Waals surface area contributed by atoms with Gasteiger partial charge in [0.25, 0.3) is 0 Å². The quantitative estimate of drug-likeness (QED) is 0.705. The van der Waals surface area contributed by atoms with E-state index in [1.165, 1.54) is 6.33 Å². The van der Waals surface area contributed by atoms with Gasteiger partial charge in [-0.1, -0.05) is 36.8 Å². The molecule has 0 radical (unpaired) electrons. The number of ether oxygens (including phenoxy) is 1. The molecule has 0 bridgehead atoms. The number of aromatic nitrogens is 3. The highest BCUT2D eigenvalue weighted by Gasteiger charge is 2.38. The minimum Gasteiger partial charge on any atom is -0.463 e. The molecule has 8 heteroatoms. The van der Waals surface area contributed by atoms with Gasteiger partial charge in [-0.2, -0.15) is 10.1 Å². The van der Waals surface area contributed by atoms with Crippen LogP contribution in [0.5, 0.6) is 0 Å². The van der Waals surface area contributed by atoms with Gasteiger partial charge in [-0.15, -0.1) is 0 Å². The van der Waals surface area contributed by atoms with E-state index in [4.69, 9.17) is 4.74 Å². The summed E-state index contributed by atoms with van der Waals surface area (Å²) in [5.41, 5.74) is 3.11. The molecule has 1 aliphatic rings. The Hall–Kier alpha value is -3.16. The van der Waals surface area contributed by atoms with Crippen molar-refractivity contribution >= 4 is 17.8 Å². The number of esters is 1. The van der Waals surface area contributed by atoms with E-state index in [9.17, 15) is 9.59 Å². The Bertz CT molecular complexity index is 948. The molecule has 160 valence electrons. The number of benzene rings is 1. The van der Waals surface area contributed by atoms with Crippen LogP contribution in [0.3, 0.4) is 0 Å². The number of hydrogen-bond acceptors (Lipinski definition) is 6. The summed E-state index contributed by atoms with van der Waals surface area (Å²) in [6, 6.07) is 7.53. The maximum absolute atomic E-state index is 13.0. The van der Waals surface area contributed by atoms with E-state index in [0.717, 1.165) is 17.5 Å². The van der Waals surface area contributed by atoms with Crippen molar-refractivity contribution in [2.24, 2.45) is 0 Å². The van der Waals surface area contributed by atoms with Crippen molar-refractivity contribution in [2.45, 2.75) is 53.1 Å². The standard InChI is InChI=1S/C22H29N5O3/c1-6-15(4)25-18(28)12-26-16(5)19(21(29)30-7-2)20(27-22(26)23-13-24-27)17-10-8-14(3)9-11-17/h8-11,13,15,20H,6-7,12H2,1-5H3,(H,25,28). The van der Waals surface area contributed by atoms with E-state index in [-0.39, 0.29) is 25.1 Å². The molecule has 30 heavy (non-hydrogen) atoms. The second-order valence-corrected chi connectivity index (χ2v) is 7.50. The first-order valence-electron chi connectivity index (χ1n) is 10.3. The SMILES string of the molecule is CCOC(=O)C1=C(C)N(CC(=O)NC(C)CC)c2ncnn2C1c1ccc(C)cc1. The predicted octanol–water partition coefficient (Wildman–Crippen LogP) is 2.75. The number of rotatable bonds is 7. The molecule has 0 saturated carbocycles. The van der Waals surface area contributed by atoms with Crippen LogP contribution in [0.25, 0.3) is 0 Å². The summed E-state index contributed by atoms with van der Waals surface area (Å²) in [6.07, 6.45) is 2.28. The molecule has 2 unspecified atom stereocenters. The lowest BCUT2D eigenvalue weighted by molar-refractivity contribution is -0.139. The maximum atomic E-state index is 13.0. The number of aryl methyl sites for hydroxylation is 1. The van der Waals surface area contributed by atoms with Crippen molar-refractivity contribution in [1.29, 1.82) is 0 Å². The fourth-order valence-electron chi connectivity index (χ4n) is 3.52. The Labute approximate surface area is 176 Å². The average molecular weight is 412 g/mol. The van der Waals surface area contributed by atoms with Gasteiger partial charge < -0.3 is 15.0 Å². The number of nitrogens with zero attached hydrogens (tertiary/aromatic N) is 4. The minimum absolute atomic E-state index is 0.0401. The van der Waals surface area contributed by atoms with Crippen LogP contribution < -0.4 is 10.2 Å². The first-order chi connectivity index (χ1) is 14.4. The van der Waals surface area contributed by atoms with Crippen LogP contribution in [0.2, 0.25) is 0 Å². The van der Waals surface area contributed by atoms with Gasteiger partial charge in [-0.3, -0.25) is 4.79 Å². The van der Waals surface area contributed by atoms with E-state index in [0.29, 0.717) is 17.2 Å². The molecule has 1 aromatic heterocycles. The van der Waals surface area contributed by atoms with Crippen molar-refractivity contribution in [3.8, 4) is 0 Å². The van der Waals surface area contributed by atoms with Gasteiger partial charge >= 0.3 is 5.97 Å². The zero-order chi connectivity index (χ0) is 21.8. The zero-order valence-electron chi connectivity index (χ0n) is 18.2. The smallest absolute Gasteiger partial charge is 0.338 e. The lowest BCUT2D eigenvalue weighted by Crippen LogP contribution is -2.44. The van der Waals surface area contributed by atoms with E-state index in [2.05, 4.69) is 15.4 Å². The summed E-state index contributed by atoms with van der Waals surface area (Å²) in [5, 5.41) is 7.35. The number of amides is 1. The molecular formula is C22H29N5O3. The summed E-state index contributed by atoms with van der Waals surface area (Å²) < 4.78 is 7.05. The number of nitrogens with one attached hydrogen (secondary N) is 1. The average Bonchev–Trinajstić information content (AvgIpc) is 3.19. The fourth-order valence-corrected chi connectivity index (χ4v) is 3.52. The highest BCUT2D eigenvalue weighted by Crippen LogP contribution is 2.38. The summed E-state index contributed by atoms with van der Waals surface area (Å²) in [4.78, 5) is 31.7. The predicted molar refractivity (Wildman–Crippen MR) is 114 cm³/mol. The molecular weight excluding hydrogens is 382 g/mol. The second kappa shape index (κ2) is 9.11. The van der Waals surface area contributed by atoms with Gasteiger partial charge in [0.2, 0.25) is 11.9 Å². The first-order valence-corrected chi connectivity index (χ1v) is 10.3. The Morgan fingerprint density at radius 3 is 2.53 bits per heavy atom. The molecule has 0 fully saturated rings. The molecule has 8 nitrogen and oxygen atoms in total. The van der Waals surface area contributed by atoms with Crippen molar-refractivity contribution < 1.29 is 14.3 Å². The number of fused-ring (bicyclic) bond motifs is 1. The number of carbonyl (C=O) groups is 2. The van der Waals surface area contributed by atoms with Gasteiger partial charge in [0.1, 0.15) is 18.9 Å². The van der Waals surface area contributed by atoms with Crippen molar-refractivity contribution in [1.82, 2.24) is 20.1 Å². The van der Waals surface area contributed by atoms with E-state index >= 15 is 0 Å². The van der Waals surface area contributed by atoms with E-state index in [1.54, 1.807) is 16.5 Å². The lowest BCUT2D eigenvalue weighted by Gasteiger charge is -2.35. The van der Waals surface area contributed by atoms with Gasteiger partial charge in [-0.05, 0) is 39.7 Å². The first kappa shape index (κ1) is 21.5. The van der Waals surface area contributed by atoms with E-state index < -0.39 is 12.0 Å². The Morgan fingerprint density at radius 1 is 1.20 bits per heavy atom. The van der Waals surface area contributed by atoms with Gasteiger partial charge in [-0.25, -0.2) is 9.48 Å². The molecule has 1 aliphatic heterocycles.